The van der Waals surface area contributed by atoms with Gasteiger partial charge in [0.2, 0.25) is 18.1 Å². The molecule has 3 aromatic rings. The van der Waals surface area contributed by atoms with Crippen molar-refractivity contribution < 1.29 is 14.0 Å². The largest absolute Gasteiger partial charge is 0.475 e. The Kier molecular flexibility index (Phi) is 3.78. The summed E-state index contributed by atoms with van der Waals surface area (Å²) >= 11 is 1.32. The number of pyridine rings is 1. The zero-order valence-corrected chi connectivity index (χ0v) is 12.2. The molecule has 0 atom stereocenters. The molecule has 0 saturated carbocycles. The highest BCUT2D eigenvalue weighted by atomic mass is 32.1. The van der Waals surface area contributed by atoms with E-state index < -0.39 is 0 Å². The molecule has 3 heterocycles. The molecule has 0 N–H and O–H groups in total. The van der Waals surface area contributed by atoms with Crippen LogP contribution >= 0.6 is 11.3 Å². The van der Waals surface area contributed by atoms with Crippen molar-refractivity contribution in [1.82, 2.24) is 20.1 Å². The van der Waals surface area contributed by atoms with Gasteiger partial charge in [-0.3, -0.25) is 0 Å². The maximum atomic E-state index is 5.62. The summed E-state index contributed by atoms with van der Waals surface area (Å²) in [7, 11) is 0. The van der Waals surface area contributed by atoms with Crippen molar-refractivity contribution >= 4 is 11.3 Å². The summed E-state index contributed by atoms with van der Waals surface area (Å²) in [4.78, 5) is 13.0. The Hall–Kier alpha value is -2.48. The molecular formula is C13H12N4O3S. The Balaban J connectivity index is 1.69. The van der Waals surface area contributed by atoms with Gasteiger partial charge in [0.05, 0.1) is 23.4 Å². The van der Waals surface area contributed by atoms with E-state index in [4.69, 9.17) is 14.0 Å². The maximum absolute atomic E-state index is 5.62. The third-order valence-electron chi connectivity index (χ3n) is 2.34. The summed E-state index contributed by atoms with van der Waals surface area (Å²) in [5.41, 5.74) is 0. The Labute approximate surface area is 124 Å². The molecule has 0 saturated heterocycles. The van der Waals surface area contributed by atoms with Gasteiger partial charge in [-0.1, -0.05) is 16.5 Å². The minimum atomic E-state index is 0.0840. The summed E-state index contributed by atoms with van der Waals surface area (Å²) < 4.78 is 15.8. The Morgan fingerprint density at radius 3 is 2.71 bits per heavy atom. The van der Waals surface area contributed by atoms with Crippen molar-refractivity contribution in [2.45, 2.75) is 20.0 Å². The van der Waals surface area contributed by atoms with Crippen LogP contribution in [0.25, 0.3) is 10.7 Å². The molecule has 3 aromatic heterocycles. The zero-order valence-electron chi connectivity index (χ0n) is 11.4. The molecule has 0 fully saturated rings. The molecule has 8 heteroatoms. The van der Waals surface area contributed by atoms with E-state index in [9.17, 15) is 0 Å². The van der Waals surface area contributed by atoms with E-state index in [-0.39, 0.29) is 6.10 Å². The summed E-state index contributed by atoms with van der Waals surface area (Å²) in [6.07, 6.45) is 4.58. The topological polar surface area (TPSA) is 83.2 Å². The first-order valence-electron chi connectivity index (χ1n) is 6.24. The van der Waals surface area contributed by atoms with Crippen LogP contribution in [0.1, 0.15) is 13.8 Å². The Bertz CT molecular complexity index is 695. The number of hydrogen-bond donors (Lipinski definition) is 0. The molecule has 21 heavy (non-hydrogen) atoms. The third-order valence-corrected chi connectivity index (χ3v) is 3.21. The van der Waals surface area contributed by atoms with Crippen molar-refractivity contribution in [2.75, 3.05) is 0 Å². The highest BCUT2D eigenvalue weighted by Gasteiger charge is 2.10. The lowest BCUT2D eigenvalue weighted by Gasteiger charge is -2.08. The Morgan fingerprint density at radius 1 is 1.14 bits per heavy atom. The van der Waals surface area contributed by atoms with Crippen molar-refractivity contribution in [3.8, 4) is 27.5 Å². The zero-order chi connectivity index (χ0) is 14.7. The lowest BCUT2D eigenvalue weighted by atomic mass is 10.4. The smallest absolute Gasteiger partial charge is 0.279 e. The molecule has 0 spiro atoms. The second kappa shape index (κ2) is 5.88. The average Bonchev–Trinajstić information content (AvgIpc) is 3.11. The van der Waals surface area contributed by atoms with Crippen LogP contribution in [0.3, 0.4) is 0 Å². The lowest BCUT2D eigenvalue weighted by Crippen LogP contribution is -2.06. The number of thiazole rings is 1. The van der Waals surface area contributed by atoms with Crippen LogP contribution in [-0.2, 0) is 0 Å². The summed E-state index contributed by atoms with van der Waals surface area (Å²) in [5, 5.41) is 4.23. The number of aromatic nitrogens is 4. The predicted octanol–water partition coefficient (Wildman–Crippen LogP) is 3.17. The van der Waals surface area contributed by atoms with E-state index in [0.29, 0.717) is 22.6 Å². The predicted molar refractivity (Wildman–Crippen MR) is 75.5 cm³/mol. The molecule has 0 aliphatic carbocycles. The molecule has 0 aliphatic heterocycles. The Morgan fingerprint density at radius 2 is 2.05 bits per heavy atom. The van der Waals surface area contributed by atoms with E-state index in [1.54, 1.807) is 24.5 Å². The molecule has 108 valence electrons. The fourth-order valence-electron chi connectivity index (χ4n) is 1.53. The quantitative estimate of drug-likeness (QED) is 0.715. The van der Waals surface area contributed by atoms with Crippen LogP contribution in [0.4, 0.5) is 0 Å². The van der Waals surface area contributed by atoms with E-state index in [2.05, 4.69) is 20.1 Å². The van der Waals surface area contributed by atoms with Crippen LogP contribution < -0.4 is 9.47 Å². The van der Waals surface area contributed by atoms with E-state index in [1.807, 2.05) is 13.8 Å². The van der Waals surface area contributed by atoms with E-state index in [0.717, 1.165) is 4.88 Å². The van der Waals surface area contributed by atoms with Gasteiger partial charge in [0, 0.05) is 6.07 Å². The highest BCUT2D eigenvalue weighted by Crippen LogP contribution is 2.31. The molecule has 0 aliphatic rings. The minimum Gasteiger partial charge on any atom is -0.475 e. The van der Waals surface area contributed by atoms with Gasteiger partial charge >= 0.3 is 0 Å². The minimum absolute atomic E-state index is 0.0840. The molecule has 0 amide bonds. The highest BCUT2D eigenvalue weighted by molar-refractivity contribution is 7.16. The van der Waals surface area contributed by atoms with Crippen molar-refractivity contribution in [3.05, 3.63) is 30.9 Å². The first kappa shape index (κ1) is 13.5. The summed E-state index contributed by atoms with van der Waals surface area (Å²) in [5.74, 6) is 1.63. The number of ether oxygens (including phenoxy) is 2. The van der Waals surface area contributed by atoms with Crippen LogP contribution in [0.5, 0.6) is 16.8 Å². The first-order valence-corrected chi connectivity index (χ1v) is 7.05. The van der Waals surface area contributed by atoms with Crippen LogP contribution in [0.15, 0.2) is 35.4 Å². The number of hydrogen-bond acceptors (Lipinski definition) is 8. The standard InChI is InChI=1S/C13H12N4O3S/c1-8(2)19-11-4-3-9(5-14-11)20-13-15-6-10(21-13)12-16-7-18-17-12/h3-8H,1-2H3. The fourth-order valence-corrected chi connectivity index (χ4v) is 2.25. The van der Waals surface area contributed by atoms with Gasteiger partial charge in [-0.2, -0.15) is 4.98 Å². The third kappa shape index (κ3) is 3.34. The SMILES string of the molecule is CC(C)Oc1ccc(Oc2ncc(-c3ncon3)s2)cn1. The van der Waals surface area contributed by atoms with E-state index >= 15 is 0 Å². The first-order chi connectivity index (χ1) is 10.2. The van der Waals surface area contributed by atoms with Crippen LogP contribution in [-0.4, -0.2) is 26.2 Å². The van der Waals surface area contributed by atoms with Gasteiger partial charge in [0.15, 0.2) is 0 Å². The van der Waals surface area contributed by atoms with Gasteiger partial charge in [-0.15, -0.1) is 0 Å². The average molecular weight is 304 g/mol. The van der Waals surface area contributed by atoms with Gasteiger partial charge < -0.3 is 14.0 Å². The number of rotatable bonds is 5. The van der Waals surface area contributed by atoms with Gasteiger partial charge in [-0.05, 0) is 19.9 Å². The normalized spacial score (nSPS) is 10.8. The molecular weight excluding hydrogens is 292 g/mol. The van der Waals surface area contributed by atoms with E-state index in [1.165, 1.54) is 17.7 Å². The molecule has 0 bridgehead atoms. The second-order valence-corrected chi connectivity index (χ2v) is 5.34. The summed E-state index contributed by atoms with van der Waals surface area (Å²) in [6.45, 7) is 3.89. The molecule has 0 aromatic carbocycles. The molecule has 0 unspecified atom stereocenters. The fraction of sp³-hybridized carbons (Fsp3) is 0.231. The summed E-state index contributed by atoms with van der Waals surface area (Å²) in [6, 6.07) is 3.53. The van der Waals surface area contributed by atoms with Gasteiger partial charge in [0.1, 0.15) is 5.75 Å². The molecule has 7 nitrogen and oxygen atoms in total. The van der Waals surface area contributed by atoms with Crippen molar-refractivity contribution in [1.29, 1.82) is 0 Å². The van der Waals surface area contributed by atoms with Gasteiger partial charge in [-0.25, -0.2) is 9.97 Å². The van der Waals surface area contributed by atoms with Crippen LogP contribution in [0.2, 0.25) is 0 Å². The maximum Gasteiger partial charge on any atom is 0.279 e. The van der Waals surface area contributed by atoms with Crippen molar-refractivity contribution in [2.24, 2.45) is 0 Å². The monoisotopic (exact) mass is 304 g/mol. The number of nitrogens with zero attached hydrogens (tertiary/aromatic N) is 4. The second-order valence-electron chi connectivity index (χ2n) is 4.35. The molecule has 0 radical (unpaired) electrons. The lowest BCUT2D eigenvalue weighted by molar-refractivity contribution is 0.232. The van der Waals surface area contributed by atoms with Crippen molar-refractivity contribution in [3.63, 3.8) is 0 Å². The van der Waals surface area contributed by atoms with Gasteiger partial charge in [0.25, 0.3) is 5.19 Å². The van der Waals surface area contributed by atoms with Crippen LogP contribution in [0, 0.1) is 0 Å². The molecule has 3 rings (SSSR count).